The Morgan fingerprint density at radius 1 is 1.11 bits per heavy atom. The molecule has 5 rings (SSSR count). The summed E-state index contributed by atoms with van der Waals surface area (Å²) in [5.74, 6) is 5.05. The van der Waals surface area contributed by atoms with Crippen LogP contribution >= 0.6 is 0 Å². The molecule has 1 amide bonds. The van der Waals surface area contributed by atoms with E-state index in [4.69, 9.17) is 4.98 Å². The van der Waals surface area contributed by atoms with E-state index in [1.807, 2.05) is 18.2 Å². The molecule has 5 aromatic rings. The maximum atomic E-state index is 13.8. The molecular weight excluding hydrogens is 456 g/mol. The second kappa shape index (κ2) is 9.27. The van der Waals surface area contributed by atoms with Gasteiger partial charge in [0.2, 0.25) is 0 Å². The van der Waals surface area contributed by atoms with E-state index < -0.39 is 6.04 Å². The molecule has 0 saturated carbocycles. The molecule has 1 atom stereocenters. The van der Waals surface area contributed by atoms with Gasteiger partial charge >= 0.3 is 0 Å². The molecule has 0 radical (unpaired) electrons. The maximum Gasteiger partial charge on any atom is 0.267 e. The Hall–Kier alpha value is -5.10. The number of aryl methyl sites for hydroxylation is 1. The Morgan fingerprint density at radius 3 is 2.69 bits per heavy atom. The monoisotopic (exact) mass is 476 g/mol. The molecule has 3 heterocycles. The van der Waals surface area contributed by atoms with Crippen molar-refractivity contribution in [3.63, 3.8) is 0 Å². The molecule has 9 heteroatoms. The zero-order valence-corrected chi connectivity index (χ0v) is 19.5. The zero-order chi connectivity index (χ0) is 25.2. The number of fused-ring (bicyclic) bond motifs is 2. The third-order valence-corrected chi connectivity index (χ3v) is 5.74. The minimum Gasteiger partial charge on any atom is -0.342 e. The van der Waals surface area contributed by atoms with Gasteiger partial charge in [0.25, 0.3) is 11.5 Å². The number of rotatable bonds is 4. The number of carbonyl (C=O) groups excluding carboxylic acids is 2. The van der Waals surface area contributed by atoms with E-state index in [-0.39, 0.29) is 11.5 Å². The fourth-order valence-corrected chi connectivity index (χ4v) is 4.17. The Bertz CT molecular complexity index is 1760. The molecular formula is C27H20N6O3. The van der Waals surface area contributed by atoms with Crippen LogP contribution < -0.4 is 10.9 Å². The lowest BCUT2D eigenvalue weighted by Gasteiger charge is -2.20. The molecule has 0 aliphatic rings. The summed E-state index contributed by atoms with van der Waals surface area (Å²) < 4.78 is 3.01. The van der Waals surface area contributed by atoms with Gasteiger partial charge in [-0.3, -0.25) is 19.0 Å². The predicted molar refractivity (Wildman–Crippen MR) is 134 cm³/mol. The van der Waals surface area contributed by atoms with Crippen LogP contribution in [0.1, 0.15) is 40.4 Å². The van der Waals surface area contributed by atoms with Crippen LogP contribution in [-0.2, 0) is 4.79 Å². The third-order valence-electron chi connectivity index (χ3n) is 5.74. The van der Waals surface area contributed by atoms with E-state index in [9.17, 15) is 14.4 Å². The predicted octanol–water partition coefficient (Wildman–Crippen LogP) is 2.78. The zero-order valence-electron chi connectivity index (χ0n) is 19.5. The van der Waals surface area contributed by atoms with Gasteiger partial charge in [-0.25, -0.2) is 14.5 Å². The summed E-state index contributed by atoms with van der Waals surface area (Å²) in [4.78, 5) is 47.0. The molecule has 0 unspecified atom stereocenters. The molecule has 36 heavy (non-hydrogen) atoms. The van der Waals surface area contributed by atoms with E-state index in [0.29, 0.717) is 51.2 Å². The molecule has 0 saturated heterocycles. The first-order valence-electron chi connectivity index (χ1n) is 11.2. The van der Waals surface area contributed by atoms with Gasteiger partial charge in [0, 0.05) is 18.0 Å². The number of para-hydroxylation sites is 1. The molecule has 0 aliphatic heterocycles. The first-order valence-corrected chi connectivity index (χ1v) is 11.2. The van der Waals surface area contributed by atoms with Crippen LogP contribution in [0.4, 0.5) is 0 Å². The number of hydrogen-bond donors (Lipinski definition) is 1. The summed E-state index contributed by atoms with van der Waals surface area (Å²) in [6.45, 7) is 3.50. The normalized spacial score (nSPS) is 11.6. The van der Waals surface area contributed by atoms with Gasteiger partial charge in [-0.1, -0.05) is 30.2 Å². The summed E-state index contributed by atoms with van der Waals surface area (Å²) in [6.07, 6.45) is 3.80. The van der Waals surface area contributed by atoms with Crippen LogP contribution in [0, 0.1) is 18.8 Å². The van der Waals surface area contributed by atoms with Crippen LogP contribution in [0.2, 0.25) is 0 Å². The lowest BCUT2D eigenvalue weighted by Crippen LogP contribution is -2.33. The van der Waals surface area contributed by atoms with Crippen LogP contribution in [0.15, 0.2) is 71.8 Å². The third kappa shape index (κ3) is 3.91. The molecule has 3 aromatic heterocycles. The molecule has 176 valence electrons. The number of carbonyl (C=O) groups is 2. The minimum absolute atomic E-state index is 0.292. The number of aldehydes is 1. The molecule has 0 bridgehead atoms. The van der Waals surface area contributed by atoms with E-state index in [1.54, 1.807) is 67.2 Å². The van der Waals surface area contributed by atoms with Gasteiger partial charge in [0.05, 0.1) is 28.3 Å². The van der Waals surface area contributed by atoms with Crippen molar-refractivity contribution in [3.05, 3.63) is 100.0 Å². The summed E-state index contributed by atoms with van der Waals surface area (Å²) >= 11 is 0. The van der Waals surface area contributed by atoms with Gasteiger partial charge in [0.15, 0.2) is 11.9 Å². The van der Waals surface area contributed by atoms with Gasteiger partial charge in [-0.05, 0) is 50.1 Å². The lowest BCUT2D eigenvalue weighted by atomic mass is 10.1. The number of nitrogens with one attached hydrogen (secondary N) is 1. The topological polar surface area (TPSA) is 111 Å². The van der Waals surface area contributed by atoms with E-state index in [1.165, 1.54) is 4.57 Å². The molecule has 9 nitrogen and oxygen atoms in total. The largest absolute Gasteiger partial charge is 0.342 e. The quantitative estimate of drug-likeness (QED) is 0.315. The van der Waals surface area contributed by atoms with Crippen molar-refractivity contribution >= 4 is 28.7 Å². The molecule has 2 aromatic carbocycles. The van der Waals surface area contributed by atoms with Crippen LogP contribution in [-0.4, -0.2) is 36.3 Å². The summed E-state index contributed by atoms with van der Waals surface area (Å²) in [6, 6.07) is 15.2. The van der Waals surface area contributed by atoms with E-state index in [0.717, 1.165) is 0 Å². The Morgan fingerprint density at radius 2 is 1.92 bits per heavy atom. The van der Waals surface area contributed by atoms with Crippen LogP contribution in [0.5, 0.6) is 0 Å². The fraction of sp³-hybridized carbons (Fsp3) is 0.111. The highest BCUT2D eigenvalue weighted by molar-refractivity contribution is 6.01. The van der Waals surface area contributed by atoms with Gasteiger partial charge in [-0.2, -0.15) is 5.10 Å². The standard InChI is InChI=1S/C27H20N6O3/c1-17-22(25-28-14-8-15-32(25)31-17)26(35)29-18(2)24-30-21-13-6-9-19(10-7-16-34)23(21)27(36)33(24)20-11-4-3-5-12-20/h3-6,8-9,11-16,18H,1-2H3,(H,29,35)/t18-/m1/s1. The van der Waals surface area contributed by atoms with Crippen LogP contribution in [0.3, 0.4) is 0 Å². The molecule has 0 aliphatic carbocycles. The second-order valence-corrected chi connectivity index (χ2v) is 8.08. The van der Waals surface area contributed by atoms with Crippen molar-refractivity contribution in [1.82, 2.24) is 29.5 Å². The Labute approximate surface area is 205 Å². The van der Waals surface area contributed by atoms with Crippen LogP contribution in [0.25, 0.3) is 22.2 Å². The fourth-order valence-electron chi connectivity index (χ4n) is 4.17. The van der Waals surface area contributed by atoms with Gasteiger partial charge < -0.3 is 5.32 Å². The highest BCUT2D eigenvalue weighted by Crippen LogP contribution is 2.21. The van der Waals surface area contributed by atoms with Crippen molar-refractivity contribution in [2.24, 2.45) is 0 Å². The number of amides is 1. The van der Waals surface area contributed by atoms with Crippen molar-refractivity contribution < 1.29 is 9.59 Å². The summed E-state index contributed by atoms with van der Waals surface area (Å²) in [7, 11) is 0. The Balaban J connectivity index is 1.66. The van der Waals surface area contributed by atoms with E-state index in [2.05, 4.69) is 27.2 Å². The number of aromatic nitrogens is 5. The minimum atomic E-state index is -0.655. The second-order valence-electron chi connectivity index (χ2n) is 8.08. The highest BCUT2D eigenvalue weighted by Gasteiger charge is 2.24. The number of hydrogen-bond acceptors (Lipinski definition) is 6. The smallest absolute Gasteiger partial charge is 0.267 e. The molecule has 0 spiro atoms. The Kier molecular flexibility index (Phi) is 5.84. The summed E-state index contributed by atoms with van der Waals surface area (Å²) in [5, 5.41) is 7.60. The number of benzene rings is 2. The first-order chi connectivity index (χ1) is 17.5. The molecule has 1 N–H and O–H groups in total. The maximum absolute atomic E-state index is 13.8. The first kappa shape index (κ1) is 22.7. The van der Waals surface area contributed by atoms with Crippen molar-refractivity contribution in [3.8, 4) is 17.5 Å². The average molecular weight is 476 g/mol. The van der Waals surface area contributed by atoms with E-state index >= 15 is 0 Å². The SMILES string of the molecule is Cc1nn2cccnc2c1C(=O)N[C@H](C)c1nc2cccc(C#CC=O)c2c(=O)n1-c1ccccc1. The number of nitrogens with zero attached hydrogens (tertiary/aromatic N) is 5. The van der Waals surface area contributed by atoms with Crippen molar-refractivity contribution in [1.29, 1.82) is 0 Å². The van der Waals surface area contributed by atoms with Gasteiger partial charge in [0.1, 0.15) is 11.4 Å². The molecule has 0 fully saturated rings. The lowest BCUT2D eigenvalue weighted by molar-refractivity contribution is -0.103. The van der Waals surface area contributed by atoms with Crippen molar-refractivity contribution in [2.75, 3.05) is 0 Å². The van der Waals surface area contributed by atoms with Crippen molar-refractivity contribution in [2.45, 2.75) is 19.9 Å². The van der Waals surface area contributed by atoms with Gasteiger partial charge in [-0.15, -0.1) is 0 Å². The highest BCUT2D eigenvalue weighted by atomic mass is 16.2. The average Bonchev–Trinajstić information content (AvgIpc) is 3.23. The summed E-state index contributed by atoms with van der Waals surface area (Å²) in [5.41, 5.74) is 2.36.